The van der Waals surface area contributed by atoms with E-state index in [2.05, 4.69) is 26.3 Å². The minimum atomic E-state index is -0.695. The first-order valence-electron chi connectivity index (χ1n) is 9.35. The number of halogens is 2. The maximum absolute atomic E-state index is 9.80. The molecule has 3 rings (SSSR count). The summed E-state index contributed by atoms with van der Waals surface area (Å²) in [5.41, 5.74) is 5.81. The fourth-order valence-corrected chi connectivity index (χ4v) is 3.23. The van der Waals surface area contributed by atoms with Crippen LogP contribution in [0.2, 0.25) is 10.0 Å². The Balaban J connectivity index is 2.04. The van der Waals surface area contributed by atoms with Crippen LogP contribution in [0, 0.1) is 11.3 Å². The van der Waals surface area contributed by atoms with Crippen LogP contribution in [0.4, 0.5) is 17.6 Å². The standard InChI is InChI=1S/C21H20Cl2N6O2/c1-3-21(2,11-30)18-27-19(25)29-20(28-18)26-17-12(10-24)5-4-6-16(17)31-15-8-13(22)7-14(23)9-15/h4-9,30H,3,11H2,1-2H3,(H3,25,26,27,28,29). The molecule has 0 aliphatic rings. The number of anilines is 3. The lowest BCUT2D eigenvalue weighted by Gasteiger charge is -2.24. The Labute approximate surface area is 189 Å². The summed E-state index contributed by atoms with van der Waals surface area (Å²) in [4.78, 5) is 12.7. The van der Waals surface area contributed by atoms with Crippen molar-refractivity contribution in [2.24, 2.45) is 0 Å². The van der Waals surface area contributed by atoms with E-state index >= 15 is 0 Å². The lowest BCUT2D eigenvalue weighted by atomic mass is 9.88. The first kappa shape index (κ1) is 22.6. The summed E-state index contributed by atoms with van der Waals surface area (Å²) < 4.78 is 5.93. The van der Waals surface area contributed by atoms with Crippen LogP contribution in [-0.2, 0) is 5.41 Å². The largest absolute Gasteiger partial charge is 0.455 e. The van der Waals surface area contributed by atoms with Crippen LogP contribution in [0.15, 0.2) is 36.4 Å². The van der Waals surface area contributed by atoms with Crippen LogP contribution < -0.4 is 15.8 Å². The van der Waals surface area contributed by atoms with Crippen LogP contribution in [0.3, 0.4) is 0 Å². The molecule has 1 unspecified atom stereocenters. The molecule has 1 heterocycles. The highest BCUT2D eigenvalue weighted by Gasteiger charge is 2.28. The van der Waals surface area contributed by atoms with Crippen LogP contribution in [-0.4, -0.2) is 26.7 Å². The predicted molar refractivity (Wildman–Crippen MR) is 120 cm³/mol. The van der Waals surface area contributed by atoms with Crippen LogP contribution in [0.1, 0.15) is 31.7 Å². The number of rotatable bonds is 7. The van der Waals surface area contributed by atoms with Crippen molar-refractivity contribution in [2.75, 3.05) is 17.7 Å². The number of aliphatic hydroxyl groups excluding tert-OH is 1. The van der Waals surface area contributed by atoms with Crippen molar-refractivity contribution in [3.05, 3.63) is 57.8 Å². The van der Waals surface area contributed by atoms with E-state index in [1.54, 1.807) is 36.4 Å². The summed E-state index contributed by atoms with van der Waals surface area (Å²) in [5, 5.41) is 23.2. The number of nitrogens with two attached hydrogens (primary N) is 1. The topological polar surface area (TPSA) is 130 Å². The number of hydrogen-bond donors (Lipinski definition) is 3. The van der Waals surface area contributed by atoms with Gasteiger partial charge >= 0.3 is 0 Å². The van der Waals surface area contributed by atoms with Gasteiger partial charge in [-0.1, -0.05) is 43.1 Å². The van der Waals surface area contributed by atoms with E-state index in [4.69, 9.17) is 33.7 Å². The van der Waals surface area contributed by atoms with Gasteiger partial charge in [-0.3, -0.25) is 0 Å². The van der Waals surface area contributed by atoms with Gasteiger partial charge in [0.15, 0.2) is 5.75 Å². The average Bonchev–Trinajstić information content (AvgIpc) is 2.73. The van der Waals surface area contributed by atoms with Gasteiger partial charge in [0.05, 0.1) is 17.6 Å². The molecule has 4 N–H and O–H groups in total. The molecule has 2 aromatic carbocycles. The highest BCUT2D eigenvalue weighted by atomic mass is 35.5. The second-order valence-corrected chi connectivity index (χ2v) is 7.91. The van der Waals surface area contributed by atoms with Crippen LogP contribution >= 0.6 is 23.2 Å². The van der Waals surface area contributed by atoms with Gasteiger partial charge in [-0.2, -0.15) is 20.2 Å². The fraction of sp³-hybridized carbons (Fsp3) is 0.238. The van der Waals surface area contributed by atoms with Crippen molar-refractivity contribution in [3.8, 4) is 17.6 Å². The van der Waals surface area contributed by atoms with Crippen molar-refractivity contribution >= 4 is 40.8 Å². The summed E-state index contributed by atoms with van der Waals surface area (Å²) in [5.74, 6) is 1.17. The number of ether oxygens (including phenoxy) is 1. The van der Waals surface area contributed by atoms with Crippen LogP contribution in [0.5, 0.6) is 11.5 Å². The molecule has 10 heteroatoms. The smallest absolute Gasteiger partial charge is 0.232 e. The van der Waals surface area contributed by atoms with Gasteiger partial charge in [0, 0.05) is 10.0 Å². The molecular weight excluding hydrogens is 439 g/mol. The molecule has 0 bridgehead atoms. The van der Waals surface area contributed by atoms with E-state index in [0.717, 1.165) is 0 Å². The molecule has 0 fully saturated rings. The molecule has 0 amide bonds. The van der Waals surface area contributed by atoms with Gasteiger partial charge in [0.1, 0.15) is 23.3 Å². The third-order valence-corrected chi connectivity index (χ3v) is 5.21. The van der Waals surface area contributed by atoms with Gasteiger partial charge in [0.25, 0.3) is 0 Å². The van der Waals surface area contributed by atoms with E-state index in [1.165, 1.54) is 0 Å². The zero-order valence-corrected chi connectivity index (χ0v) is 18.4. The first-order valence-corrected chi connectivity index (χ1v) is 10.1. The molecule has 0 radical (unpaired) electrons. The quantitative estimate of drug-likeness (QED) is 0.458. The van der Waals surface area contributed by atoms with Gasteiger partial charge < -0.3 is 20.9 Å². The molecule has 1 atom stereocenters. The van der Waals surface area contributed by atoms with Crippen molar-refractivity contribution in [2.45, 2.75) is 25.7 Å². The number of hydrogen-bond acceptors (Lipinski definition) is 8. The molecule has 0 aliphatic heterocycles. The van der Waals surface area contributed by atoms with Gasteiger partial charge in [-0.05, 0) is 36.8 Å². The Morgan fingerprint density at radius 1 is 1.19 bits per heavy atom. The van der Waals surface area contributed by atoms with Crippen molar-refractivity contribution in [1.29, 1.82) is 5.26 Å². The van der Waals surface area contributed by atoms with Gasteiger partial charge in [-0.15, -0.1) is 0 Å². The lowest BCUT2D eigenvalue weighted by molar-refractivity contribution is 0.194. The molecule has 0 aliphatic carbocycles. The van der Waals surface area contributed by atoms with E-state index < -0.39 is 5.41 Å². The molecule has 1 aromatic heterocycles. The number of nitrogens with zero attached hydrogens (tertiary/aromatic N) is 4. The third kappa shape index (κ3) is 5.14. The minimum absolute atomic E-state index is 0.0147. The monoisotopic (exact) mass is 458 g/mol. The number of nitrogen functional groups attached to an aromatic ring is 1. The van der Waals surface area contributed by atoms with Gasteiger partial charge in [-0.25, -0.2) is 0 Å². The highest BCUT2D eigenvalue weighted by molar-refractivity contribution is 6.34. The summed E-state index contributed by atoms with van der Waals surface area (Å²) in [6, 6.07) is 11.9. The van der Waals surface area contributed by atoms with Crippen molar-refractivity contribution in [3.63, 3.8) is 0 Å². The number of nitrogens with one attached hydrogen (secondary N) is 1. The second-order valence-electron chi connectivity index (χ2n) is 7.04. The molecule has 31 heavy (non-hydrogen) atoms. The second kappa shape index (κ2) is 9.35. The zero-order chi connectivity index (χ0) is 22.6. The number of aliphatic hydroxyl groups is 1. The van der Waals surface area contributed by atoms with Crippen LogP contribution in [0.25, 0.3) is 0 Å². The zero-order valence-electron chi connectivity index (χ0n) is 16.9. The molecule has 0 spiro atoms. The van der Waals surface area contributed by atoms with Gasteiger partial charge in [0.2, 0.25) is 11.9 Å². The Hall–Kier alpha value is -3.12. The maximum atomic E-state index is 9.80. The molecule has 8 nitrogen and oxygen atoms in total. The molecule has 160 valence electrons. The Morgan fingerprint density at radius 2 is 1.90 bits per heavy atom. The number of nitriles is 1. The number of benzene rings is 2. The third-order valence-electron chi connectivity index (χ3n) is 4.77. The summed E-state index contributed by atoms with van der Waals surface area (Å²) in [6.07, 6.45) is 0.588. The van der Waals surface area contributed by atoms with E-state index in [-0.39, 0.29) is 18.5 Å². The Kier molecular flexibility index (Phi) is 6.81. The maximum Gasteiger partial charge on any atom is 0.232 e. The SMILES string of the molecule is CCC(C)(CO)c1nc(N)nc(Nc2c(C#N)cccc2Oc2cc(Cl)cc(Cl)c2)n1. The summed E-state index contributed by atoms with van der Waals surface area (Å²) in [7, 11) is 0. The molecular formula is C21H20Cl2N6O2. The minimum Gasteiger partial charge on any atom is -0.455 e. The normalized spacial score (nSPS) is 12.6. The number of para-hydroxylation sites is 1. The number of aromatic nitrogens is 3. The fourth-order valence-electron chi connectivity index (χ4n) is 2.72. The Bertz CT molecular complexity index is 1120. The average molecular weight is 459 g/mol. The Morgan fingerprint density at radius 3 is 2.52 bits per heavy atom. The summed E-state index contributed by atoms with van der Waals surface area (Å²) >= 11 is 12.1. The molecule has 0 saturated carbocycles. The van der Waals surface area contributed by atoms with E-state index in [1.807, 2.05) is 13.8 Å². The van der Waals surface area contributed by atoms with E-state index in [9.17, 15) is 10.4 Å². The highest BCUT2D eigenvalue weighted by Crippen LogP contribution is 2.36. The molecule has 0 saturated heterocycles. The molecule has 3 aromatic rings. The predicted octanol–water partition coefficient (Wildman–Crippen LogP) is 4.83. The lowest BCUT2D eigenvalue weighted by Crippen LogP contribution is -2.29. The van der Waals surface area contributed by atoms with Crippen molar-refractivity contribution in [1.82, 2.24) is 15.0 Å². The first-order chi connectivity index (χ1) is 14.8. The van der Waals surface area contributed by atoms with Crippen molar-refractivity contribution < 1.29 is 9.84 Å². The summed E-state index contributed by atoms with van der Waals surface area (Å²) in [6.45, 7) is 3.58. The van der Waals surface area contributed by atoms with E-state index in [0.29, 0.717) is 45.0 Å².